The molecule has 92 valence electrons. The highest BCUT2D eigenvalue weighted by Gasteiger charge is 2.06. The Morgan fingerprint density at radius 2 is 1.89 bits per heavy atom. The van der Waals surface area contributed by atoms with E-state index in [0.29, 0.717) is 11.3 Å². The van der Waals surface area contributed by atoms with Crippen LogP contribution in [0.15, 0.2) is 41.2 Å². The molecule has 1 heterocycles. The Balaban J connectivity index is 2.43. The minimum Gasteiger partial charge on any atom is -0.480 e. The van der Waals surface area contributed by atoms with E-state index in [1.165, 1.54) is 36.4 Å². The van der Waals surface area contributed by atoms with Crippen LogP contribution in [0.1, 0.15) is 0 Å². The van der Waals surface area contributed by atoms with E-state index in [9.17, 15) is 14.0 Å². The van der Waals surface area contributed by atoms with Gasteiger partial charge in [0, 0.05) is 11.6 Å². The number of hydrogen-bond donors (Lipinski definition) is 1. The van der Waals surface area contributed by atoms with Gasteiger partial charge in [0.15, 0.2) is 0 Å². The summed E-state index contributed by atoms with van der Waals surface area (Å²) in [6.07, 6.45) is 0. The Morgan fingerprint density at radius 1 is 1.22 bits per heavy atom. The highest BCUT2D eigenvalue weighted by atomic mass is 19.1. The Kier molecular flexibility index (Phi) is 3.18. The van der Waals surface area contributed by atoms with Crippen molar-refractivity contribution in [3.63, 3.8) is 0 Å². The summed E-state index contributed by atoms with van der Waals surface area (Å²) in [5.41, 5.74) is 0.523. The fourth-order valence-electron chi connectivity index (χ4n) is 1.46. The van der Waals surface area contributed by atoms with Gasteiger partial charge in [0.05, 0.1) is 5.69 Å². The van der Waals surface area contributed by atoms with Crippen molar-refractivity contribution >= 4 is 5.97 Å². The largest absolute Gasteiger partial charge is 0.480 e. The van der Waals surface area contributed by atoms with Crippen LogP contribution in [-0.2, 0) is 11.3 Å². The lowest BCUT2D eigenvalue weighted by Crippen LogP contribution is -2.26. The molecule has 0 fully saturated rings. The maximum atomic E-state index is 12.8. The fraction of sp³-hybridized carbons (Fsp3) is 0.0833. The average molecular weight is 248 g/mol. The Bertz CT molecular complexity index is 635. The summed E-state index contributed by atoms with van der Waals surface area (Å²) < 4.78 is 13.6. The van der Waals surface area contributed by atoms with Crippen LogP contribution in [-0.4, -0.2) is 20.9 Å². The molecular weight excluding hydrogens is 239 g/mol. The monoisotopic (exact) mass is 248 g/mol. The number of carboxylic acids is 1. The van der Waals surface area contributed by atoms with Crippen molar-refractivity contribution in [2.45, 2.75) is 6.54 Å². The molecule has 0 bridgehead atoms. The number of benzene rings is 1. The van der Waals surface area contributed by atoms with Gasteiger partial charge in [-0.15, -0.1) is 0 Å². The quantitative estimate of drug-likeness (QED) is 0.883. The standard InChI is InChI=1S/C12H9FN2O3/c13-9-3-1-8(2-4-9)10-5-6-11(16)15(14-10)7-12(17)18/h1-6H,7H2,(H,17,18). The predicted octanol–water partition coefficient (Wildman–Crippen LogP) is 1.13. The van der Waals surface area contributed by atoms with Crippen LogP contribution in [0.4, 0.5) is 4.39 Å². The highest BCUT2D eigenvalue weighted by molar-refractivity contribution is 5.66. The van der Waals surface area contributed by atoms with Gasteiger partial charge >= 0.3 is 5.97 Å². The number of carboxylic acid groups (broad SMARTS) is 1. The zero-order valence-electron chi connectivity index (χ0n) is 9.21. The normalized spacial score (nSPS) is 10.3. The molecule has 1 aromatic heterocycles. The van der Waals surface area contributed by atoms with Crippen molar-refractivity contribution in [3.8, 4) is 11.3 Å². The number of nitrogens with zero attached hydrogens (tertiary/aromatic N) is 2. The molecule has 0 spiro atoms. The van der Waals surface area contributed by atoms with Crippen LogP contribution in [0, 0.1) is 5.82 Å². The predicted molar refractivity (Wildman–Crippen MR) is 61.5 cm³/mol. The number of hydrogen-bond acceptors (Lipinski definition) is 3. The molecule has 1 aromatic carbocycles. The molecular formula is C12H9FN2O3. The molecule has 0 aliphatic heterocycles. The lowest BCUT2D eigenvalue weighted by atomic mass is 10.1. The molecule has 0 saturated heterocycles. The second kappa shape index (κ2) is 4.79. The van der Waals surface area contributed by atoms with E-state index in [1.54, 1.807) is 0 Å². The van der Waals surface area contributed by atoms with E-state index in [2.05, 4.69) is 5.10 Å². The maximum absolute atomic E-state index is 12.8. The van der Waals surface area contributed by atoms with Crippen LogP contribution < -0.4 is 5.56 Å². The summed E-state index contributed by atoms with van der Waals surface area (Å²) >= 11 is 0. The average Bonchev–Trinajstić information content (AvgIpc) is 2.32. The molecule has 2 aromatic rings. The van der Waals surface area contributed by atoms with E-state index < -0.39 is 18.1 Å². The third-order valence-electron chi connectivity index (χ3n) is 2.29. The minimum atomic E-state index is -1.15. The van der Waals surface area contributed by atoms with Crippen molar-refractivity contribution in [1.82, 2.24) is 9.78 Å². The summed E-state index contributed by atoms with van der Waals surface area (Å²) in [5, 5.41) is 12.6. The molecule has 0 aliphatic rings. The van der Waals surface area contributed by atoms with Crippen molar-refractivity contribution < 1.29 is 14.3 Å². The molecule has 0 aliphatic carbocycles. The Labute approximate surface area is 101 Å². The van der Waals surface area contributed by atoms with Gasteiger partial charge in [-0.1, -0.05) is 0 Å². The van der Waals surface area contributed by atoms with E-state index in [1.807, 2.05) is 0 Å². The van der Waals surface area contributed by atoms with Gasteiger partial charge in [-0.05, 0) is 30.3 Å². The molecule has 5 nitrogen and oxygen atoms in total. The molecule has 0 atom stereocenters. The SMILES string of the molecule is O=C(O)Cn1nc(-c2ccc(F)cc2)ccc1=O. The topological polar surface area (TPSA) is 72.2 Å². The minimum absolute atomic E-state index is 0.377. The third-order valence-corrected chi connectivity index (χ3v) is 2.29. The first kappa shape index (κ1) is 12.0. The van der Waals surface area contributed by atoms with Gasteiger partial charge in [0.25, 0.3) is 5.56 Å². The summed E-state index contributed by atoms with van der Waals surface area (Å²) in [6.45, 7) is -0.506. The first-order valence-electron chi connectivity index (χ1n) is 5.12. The van der Waals surface area contributed by atoms with E-state index in [0.717, 1.165) is 4.68 Å². The lowest BCUT2D eigenvalue weighted by Gasteiger charge is -2.04. The zero-order chi connectivity index (χ0) is 13.1. The number of rotatable bonds is 3. The molecule has 6 heteroatoms. The lowest BCUT2D eigenvalue weighted by molar-refractivity contribution is -0.138. The second-order valence-corrected chi connectivity index (χ2v) is 3.62. The molecule has 0 radical (unpaired) electrons. The Morgan fingerprint density at radius 3 is 2.50 bits per heavy atom. The van der Waals surface area contributed by atoms with Gasteiger partial charge in [0.1, 0.15) is 12.4 Å². The van der Waals surface area contributed by atoms with Crippen LogP contribution in [0.5, 0.6) is 0 Å². The molecule has 0 saturated carbocycles. The first-order chi connectivity index (χ1) is 8.56. The number of carbonyl (C=O) groups is 1. The van der Waals surface area contributed by atoms with Crippen LogP contribution >= 0.6 is 0 Å². The first-order valence-corrected chi connectivity index (χ1v) is 5.12. The van der Waals surface area contributed by atoms with E-state index in [-0.39, 0.29) is 5.82 Å². The zero-order valence-corrected chi connectivity index (χ0v) is 9.21. The van der Waals surface area contributed by atoms with E-state index >= 15 is 0 Å². The van der Waals surface area contributed by atoms with Crippen LogP contribution in [0.2, 0.25) is 0 Å². The molecule has 0 amide bonds. The van der Waals surface area contributed by atoms with Crippen molar-refractivity contribution in [3.05, 3.63) is 52.6 Å². The summed E-state index contributed by atoms with van der Waals surface area (Å²) in [6, 6.07) is 8.25. The number of aliphatic carboxylic acids is 1. The van der Waals surface area contributed by atoms with Gasteiger partial charge in [-0.25, -0.2) is 9.07 Å². The van der Waals surface area contributed by atoms with Gasteiger partial charge in [-0.3, -0.25) is 9.59 Å². The van der Waals surface area contributed by atoms with Crippen molar-refractivity contribution in [2.75, 3.05) is 0 Å². The number of halogens is 1. The van der Waals surface area contributed by atoms with Gasteiger partial charge in [0.2, 0.25) is 0 Å². The van der Waals surface area contributed by atoms with Crippen LogP contribution in [0.3, 0.4) is 0 Å². The summed E-state index contributed by atoms with van der Waals surface area (Å²) in [5.74, 6) is -1.53. The number of aromatic nitrogens is 2. The molecule has 2 rings (SSSR count). The van der Waals surface area contributed by atoms with Gasteiger partial charge in [-0.2, -0.15) is 5.10 Å². The molecule has 1 N–H and O–H groups in total. The van der Waals surface area contributed by atoms with Gasteiger partial charge < -0.3 is 5.11 Å². The fourth-order valence-corrected chi connectivity index (χ4v) is 1.46. The third kappa shape index (κ3) is 2.60. The van der Waals surface area contributed by atoms with E-state index in [4.69, 9.17) is 5.11 Å². The maximum Gasteiger partial charge on any atom is 0.325 e. The van der Waals surface area contributed by atoms with Crippen molar-refractivity contribution in [2.24, 2.45) is 0 Å². The Hall–Kier alpha value is -2.50. The highest BCUT2D eigenvalue weighted by Crippen LogP contribution is 2.15. The van der Waals surface area contributed by atoms with Crippen molar-refractivity contribution in [1.29, 1.82) is 0 Å². The molecule has 18 heavy (non-hydrogen) atoms. The smallest absolute Gasteiger partial charge is 0.325 e. The molecule has 0 unspecified atom stereocenters. The summed E-state index contributed by atoms with van der Waals surface area (Å²) in [7, 11) is 0. The van der Waals surface area contributed by atoms with Crippen LogP contribution in [0.25, 0.3) is 11.3 Å². The second-order valence-electron chi connectivity index (χ2n) is 3.62. The summed E-state index contributed by atoms with van der Waals surface area (Å²) in [4.78, 5) is 21.9.